The number of carbonyl (C=O) groups excluding carboxylic acids is 1. The van der Waals surface area contributed by atoms with E-state index in [9.17, 15) is 13.2 Å². The molecule has 29 heavy (non-hydrogen) atoms. The molecule has 0 N–H and O–H groups in total. The number of ether oxygens (including phenoxy) is 1. The van der Waals surface area contributed by atoms with Gasteiger partial charge in [-0.05, 0) is 31.2 Å². The number of hydrogen-bond acceptors (Lipinski definition) is 5. The highest BCUT2D eigenvalue weighted by atomic mass is 32.2. The first-order valence-corrected chi connectivity index (χ1v) is 11.5. The van der Waals surface area contributed by atoms with Crippen molar-refractivity contribution in [3.63, 3.8) is 0 Å². The fourth-order valence-electron chi connectivity index (χ4n) is 3.37. The summed E-state index contributed by atoms with van der Waals surface area (Å²) in [6.45, 7) is 4.67. The molecule has 2 aromatic rings. The monoisotopic (exact) mass is 417 g/mol. The Balaban J connectivity index is 1.68. The minimum Gasteiger partial charge on any atom is -0.494 e. The molecule has 7 nitrogen and oxygen atoms in total. The fraction of sp³-hybridized carbons (Fsp3) is 0.381. The number of rotatable bonds is 7. The molecule has 1 amide bonds. The average molecular weight is 418 g/mol. The van der Waals surface area contributed by atoms with Gasteiger partial charge < -0.3 is 14.5 Å². The molecular formula is C21H27N3O4S. The van der Waals surface area contributed by atoms with Crippen molar-refractivity contribution in [2.75, 3.05) is 54.8 Å². The Hall–Kier alpha value is -2.74. The zero-order valence-electron chi connectivity index (χ0n) is 16.8. The van der Waals surface area contributed by atoms with Crippen molar-refractivity contribution >= 4 is 27.3 Å². The van der Waals surface area contributed by atoms with E-state index in [1.165, 1.54) is 0 Å². The SMILES string of the molecule is CCOc1cccc(N(CC(=O)N2CCN(c3ccccc3)CC2)S(C)(=O)=O)c1. The zero-order valence-corrected chi connectivity index (χ0v) is 17.6. The molecule has 1 aliphatic rings. The van der Waals surface area contributed by atoms with Gasteiger partial charge in [-0.25, -0.2) is 8.42 Å². The maximum absolute atomic E-state index is 12.9. The third-order valence-corrected chi connectivity index (χ3v) is 5.99. The molecule has 0 saturated carbocycles. The molecule has 1 saturated heterocycles. The van der Waals surface area contributed by atoms with Crippen molar-refractivity contribution in [1.29, 1.82) is 0 Å². The molecule has 2 aromatic carbocycles. The Morgan fingerprint density at radius 2 is 1.72 bits per heavy atom. The van der Waals surface area contributed by atoms with Gasteiger partial charge in [0.15, 0.2) is 0 Å². The summed E-state index contributed by atoms with van der Waals surface area (Å²) in [5.74, 6) is 0.368. The van der Waals surface area contributed by atoms with Gasteiger partial charge >= 0.3 is 0 Å². The van der Waals surface area contributed by atoms with Crippen LogP contribution in [0.15, 0.2) is 54.6 Å². The largest absolute Gasteiger partial charge is 0.494 e. The van der Waals surface area contributed by atoms with Crippen LogP contribution in [0, 0.1) is 0 Å². The van der Waals surface area contributed by atoms with Crippen LogP contribution in [0.25, 0.3) is 0 Å². The highest BCUT2D eigenvalue weighted by molar-refractivity contribution is 7.92. The van der Waals surface area contributed by atoms with Crippen LogP contribution >= 0.6 is 0 Å². The van der Waals surface area contributed by atoms with Crippen molar-refractivity contribution in [1.82, 2.24) is 4.90 Å². The summed E-state index contributed by atoms with van der Waals surface area (Å²) in [6.07, 6.45) is 1.11. The minimum atomic E-state index is -3.62. The smallest absolute Gasteiger partial charge is 0.243 e. The second-order valence-electron chi connectivity index (χ2n) is 6.90. The van der Waals surface area contributed by atoms with Crippen LogP contribution in [0.4, 0.5) is 11.4 Å². The maximum Gasteiger partial charge on any atom is 0.243 e. The normalized spacial score (nSPS) is 14.6. The Morgan fingerprint density at radius 1 is 1.03 bits per heavy atom. The number of para-hydroxylation sites is 1. The molecule has 3 rings (SSSR count). The van der Waals surface area contributed by atoms with E-state index in [0.29, 0.717) is 44.2 Å². The van der Waals surface area contributed by atoms with Gasteiger partial charge in [0.1, 0.15) is 12.3 Å². The number of benzene rings is 2. The third-order valence-electron chi connectivity index (χ3n) is 4.85. The summed E-state index contributed by atoms with van der Waals surface area (Å²) >= 11 is 0. The van der Waals surface area contributed by atoms with Gasteiger partial charge in [0.2, 0.25) is 15.9 Å². The summed E-state index contributed by atoms with van der Waals surface area (Å²) in [7, 11) is -3.62. The number of nitrogens with zero attached hydrogens (tertiary/aromatic N) is 3. The first-order valence-electron chi connectivity index (χ1n) is 9.67. The Bertz CT molecular complexity index is 926. The van der Waals surface area contributed by atoms with Crippen molar-refractivity contribution in [2.45, 2.75) is 6.92 Å². The molecule has 0 spiro atoms. The zero-order chi connectivity index (χ0) is 20.9. The molecular weight excluding hydrogens is 390 g/mol. The molecule has 0 atom stereocenters. The van der Waals surface area contributed by atoms with E-state index in [1.807, 2.05) is 37.3 Å². The van der Waals surface area contributed by atoms with Gasteiger partial charge in [0.25, 0.3) is 0 Å². The maximum atomic E-state index is 12.9. The van der Waals surface area contributed by atoms with Crippen LogP contribution < -0.4 is 13.9 Å². The number of sulfonamides is 1. The molecule has 0 bridgehead atoms. The molecule has 1 fully saturated rings. The topological polar surface area (TPSA) is 70.2 Å². The van der Waals surface area contributed by atoms with Crippen LogP contribution in [0.1, 0.15) is 6.92 Å². The third kappa shape index (κ3) is 5.41. The van der Waals surface area contributed by atoms with Crippen LogP contribution in [0.5, 0.6) is 5.75 Å². The van der Waals surface area contributed by atoms with E-state index in [4.69, 9.17) is 4.74 Å². The van der Waals surface area contributed by atoms with Gasteiger partial charge in [-0.2, -0.15) is 0 Å². The first-order chi connectivity index (χ1) is 13.9. The number of carbonyl (C=O) groups is 1. The number of piperazine rings is 1. The highest BCUT2D eigenvalue weighted by Crippen LogP contribution is 2.24. The summed E-state index contributed by atoms with van der Waals surface area (Å²) in [4.78, 5) is 16.8. The predicted molar refractivity (Wildman–Crippen MR) is 115 cm³/mol. The van der Waals surface area contributed by atoms with Crippen LogP contribution in [-0.4, -0.2) is 64.8 Å². The molecule has 0 aromatic heterocycles. The molecule has 0 unspecified atom stereocenters. The predicted octanol–water partition coefficient (Wildman–Crippen LogP) is 2.20. The summed E-state index contributed by atoms with van der Waals surface area (Å²) in [5, 5.41) is 0. The Labute approximate surface area is 172 Å². The van der Waals surface area contributed by atoms with E-state index in [2.05, 4.69) is 4.90 Å². The van der Waals surface area contributed by atoms with Crippen LogP contribution in [0.3, 0.4) is 0 Å². The van der Waals surface area contributed by atoms with Gasteiger partial charge in [-0.3, -0.25) is 9.10 Å². The molecule has 8 heteroatoms. The van der Waals surface area contributed by atoms with E-state index in [-0.39, 0.29) is 12.5 Å². The van der Waals surface area contributed by atoms with Gasteiger partial charge in [-0.1, -0.05) is 24.3 Å². The van der Waals surface area contributed by atoms with Crippen LogP contribution in [-0.2, 0) is 14.8 Å². The number of amides is 1. The Kier molecular flexibility index (Phi) is 6.64. The van der Waals surface area contributed by atoms with E-state index < -0.39 is 10.0 Å². The van der Waals surface area contributed by atoms with Crippen molar-refractivity contribution < 1.29 is 17.9 Å². The van der Waals surface area contributed by atoms with E-state index in [0.717, 1.165) is 16.2 Å². The van der Waals surface area contributed by atoms with E-state index in [1.54, 1.807) is 29.2 Å². The highest BCUT2D eigenvalue weighted by Gasteiger charge is 2.26. The van der Waals surface area contributed by atoms with E-state index >= 15 is 0 Å². The molecule has 1 aliphatic heterocycles. The lowest BCUT2D eigenvalue weighted by Gasteiger charge is -2.37. The number of hydrogen-bond donors (Lipinski definition) is 0. The second-order valence-corrected chi connectivity index (χ2v) is 8.81. The fourth-order valence-corrected chi connectivity index (χ4v) is 4.21. The standard InChI is InChI=1S/C21H27N3O4S/c1-3-28-20-11-7-10-19(16-20)24(29(2,26)27)17-21(25)23-14-12-22(13-15-23)18-8-5-4-6-9-18/h4-11,16H,3,12-15,17H2,1-2H3. The van der Waals surface area contributed by atoms with Crippen molar-refractivity contribution in [3.8, 4) is 5.75 Å². The molecule has 1 heterocycles. The quantitative estimate of drug-likeness (QED) is 0.691. The van der Waals surface area contributed by atoms with Gasteiger partial charge in [0, 0.05) is 37.9 Å². The average Bonchev–Trinajstić information content (AvgIpc) is 2.72. The summed E-state index contributed by atoms with van der Waals surface area (Å²) in [6, 6.07) is 16.9. The summed E-state index contributed by atoms with van der Waals surface area (Å²) < 4.78 is 31.3. The van der Waals surface area contributed by atoms with Gasteiger partial charge in [-0.15, -0.1) is 0 Å². The molecule has 0 radical (unpaired) electrons. The lowest BCUT2D eigenvalue weighted by atomic mass is 10.2. The molecule has 0 aliphatic carbocycles. The van der Waals surface area contributed by atoms with Crippen molar-refractivity contribution in [3.05, 3.63) is 54.6 Å². The van der Waals surface area contributed by atoms with Crippen LogP contribution in [0.2, 0.25) is 0 Å². The number of anilines is 2. The Morgan fingerprint density at radius 3 is 2.34 bits per heavy atom. The lowest BCUT2D eigenvalue weighted by molar-refractivity contribution is -0.129. The van der Waals surface area contributed by atoms with Gasteiger partial charge in [0.05, 0.1) is 18.6 Å². The lowest BCUT2D eigenvalue weighted by Crippen LogP contribution is -2.52. The van der Waals surface area contributed by atoms with Crippen molar-refractivity contribution in [2.24, 2.45) is 0 Å². The first kappa shape index (κ1) is 21.0. The second kappa shape index (κ2) is 9.17. The molecule has 156 valence electrons. The summed E-state index contributed by atoms with van der Waals surface area (Å²) in [5.41, 5.74) is 1.56. The minimum absolute atomic E-state index is 0.204.